The number of benzene rings is 1. The van der Waals surface area contributed by atoms with Gasteiger partial charge in [-0.25, -0.2) is 13.2 Å². The molecule has 1 aromatic rings. The molecule has 1 amide bonds. The Morgan fingerprint density at radius 1 is 1.38 bits per heavy atom. The zero-order valence-corrected chi connectivity index (χ0v) is 14.7. The lowest BCUT2D eigenvalue weighted by Gasteiger charge is -2.15. The van der Waals surface area contributed by atoms with Crippen LogP contribution in [0.2, 0.25) is 5.02 Å². The van der Waals surface area contributed by atoms with Crippen molar-refractivity contribution >= 4 is 33.5 Å². The van der Waals surface area contributed by atoms with Crippen LogP contribution in [-0.2, 0) is 24.4 Å². The van der Waals surface area contributed by atoms with Crippen LogP contribution in [0.5, 0.6) is 0 Å². The van der Waals surface area contributed by atoms with Gasteiger partial charge in [0.15, 0.2) is 6.61 Å². The van der Waals surface area contributed by atoms with E-state index < -0.39 is 28.5 Å². The molecule has 0 atom stereocenters. The van der Waals surface area contributed by atoms with Gasteiger partial charge in [0.25, 0.3) is 15.9 Å². The summed E-state index contributed by atoms with van der Waals surface area (Å²) in [5.74, 6) is -1.30. The molecule has 1 fully saturated rings. The standard InChI is InChI=1S/C14H17ClN2O6S/c1-17(22-2)24(20,21)10-5-6-12(15)11(7-10)14(19)23-8-13(18)16-9-3-4-9/h5-7,9H,3-4,8H2,1-2H3,(H,16,18). The fraction of sp³-hybridized carbons (Fsp3) is 0.429. The summed E-state index contributed by atoms with van der Waals surface area (Å²) in [6.07, 6.45) is 1.83. The van der Waals surface area contributed by atoms with Gasteiger partial charge in [-0.3, -0.25) is 9.63 Å². The zero-order chi connectivity index (χ0) is 17.9. The highest BCUT2D eigenvalue weighted by atomic mass is 35.5. The molecule has 1 aliphatic rings. The number of amides is 1. The van der Waals surface area contributed by atoms with E-state index in [9.17, 15) is 18.0 Å². The molecule has 1 aliphatic carbocycles. The third kappa shape index (κ3) is 4.44. The maximum atomic E-state index is 12.2. The number of nitrogens with one attached hydrogen (secondary N) is 1. The highest BCUT2D eigenvalue weighted by Gasteiger charge is 2.25. The minimum atomic E-state index is -3.94. The molecule has 0 aromatic heterocycles. The molecule has 0 radical (unpaired) electrons. The molecule has 132 valence electrons. The molecule has 0 saturated heterocycles. The van der Waals surface area contributed by atoms with Crippen LogP contribution in [0.4, 0.5) is 0 Å². The Morgan fingerprint density at radius 2 is 2.04 bits per heavy atom. The highest BCUT2D eigenvalue weighted by Crippen LogP contribution is 2.23. The van der Waals surface area contributed by atoms with Gasteiger partial charge in [0, 0.05) is 13.1 Å². The van der Waals surface area contributed by atoms with Gasteiger partial charge in [-0.15, -0.1) is 0 Å². The number of hydroxylamine groups is 1. The Morgan fingerprint density at radius 3 is 2.62 bits per heavy atom. The third-order valence-electron chi connectivity index (χ3n) is 3.33. The van der Waals surface area contributed by atoms with E-state index in [-0.39, 0.29) is 21.5 Å². The number of esters is 1. The number of carbonyl (C=O) groups is 2. The van der Waals surface area contributed by atoms with E-state index >= 15 is 0 Å². The molecular weight excluding hydrogens is 360 g/mol. The summed E-state index contributed by atoms with van der Waals surface area (Å²) < 4.78 is 29.9. The second-order valence-corrected chi connectivity index (χ2v) is 7.50. The molecule has 1 saturated carbocycles. The summed E-state index contributed by atoms with van der Waals surface area (Å²) in [7, 11) is -1.53. The van der Waals surface area contributed by atoms with E-state index in [0.717, 1.165) is 18.9 Å². The van der Waals surface area contributed by atoms with Gasteiger partial charge < -0.3 is 10.1 Å². The summed E-state index contributed by atoms with van der Waals surface area (Å²) in [6.45, 7) is -0.458. The van der Waals surface area contributed by atoms with Crippen molar-refractivity contribution < 1.29 is 27.6 Å². The fourth-order valence-electron chi connectivity index (χ4n) is 1.77. The van der Waals surface area contributed by atoms with Crippen LogP contribution in [0, 0.1) is 0 Å². The Kier molecular flexibility index (Phi) is 5.81. The maximum absolute atomic E-state index is 12.2. The lowest BCUT2D eigenvalue weighted by molar-refractivity contribution is -0.124. The predicted octanol–water partition coefficient (Wildman–Crippen LogP) is 0.957. The van der Waals surface area contributed by atoms with Crippen molar-refractivity contribution in [2.45, 2.75) is 23.8 Å². The van der Waals surface area contributed by atoms with Crippen molar-refractivity contribution in [1.29, 1.82) is 0 Å². The fourth-order valence-corrected chi connectivity index (χ4v) is 2.97. The number of ether oxygens (including phenoxy) is 1. The van der Waals surface area contributed by atoms with Gasteiger partial charge in [0.2, 0.25) is 0 Å². The molecule has 10 heteroatoms. The first-order chi connectivity index (χ1) is 11.3. The molecule has 1 N–H and O–H groups in total. The number of carbonyl (C=O) groups excluding carboxylic acids is 2. The van der Waals surface area contributed by atoms with Crippen LogP contribution in [0.15, 0.2) is 23.1 Å². The second-order valence-electron chi connectivity index (χ2n) is 5.16. The van der Waals surface area contributed by atoms with Crippen LogP contribution >= 0.6 is 11.6 Å². The third-order valence-corrected chi connectivity index (χ3v) is 5.33. The quantitative estimate of drug-likeness (QED) is 0.561. The summed E-state index contributed by atoms with van der Waals surface area (Å²) >= 11 is 5.92. The molecule has 8 nitrogen and oxygen atoms in total. The molecule has 0 spiro atoms. The molecule has 0 aliphatic heterocycles. The normalized spacial score (nSPS) is 14.5. The molecule has 24 heavy (non-hydrogen) atoms. The van der Waals surface area contributed by atoms with E-state index in [1.54, 1.807) is 0 Å². The average Bonchev–Trinajstić information content (AvgIpc) is 3.35. The SMILES string of the molecule is CON(C)S(=O)(=O)c1ccc(Cl)c(C(=O)OCC(=O)NC2CC2)c1. The van der Waals surface area contributed by atoms with Gasteiger partial charge in [-0.2, -0.15) is 0 Å². The van der Waals surface area contributed by atoms with Crippen molar-refractivity contribution in [2.24, 2.45) is 0 Å². The number of sulfonamides is 1. The van der Waals surface area contributed by atoms with E-state index in [2.05, 4.69) is 10.2 Å². The number of hydrogen-bond acceptors (Lipinski definition) is 6. The van der Waals surface area contributed by atoms with Crippen LogP contribution in [0.1, 0.15) is 23.2 Å². The maximum Gasteiger partial charge on any atom is 0.340 e. The van der Waals surface area contributed by atoms with Crippen molar-refractivity contribution in [2.75, 3.05) is 20.8 Å². The summed E-state index contributed by atoms with van der Waals surface area (Å²) in [6, 6.07) is 3.73. The average molecular weight is 377 g/mol. The zero-order valence-electron chi connectivity index (χ0n) is 13.1. The molecule has 0 bridgehead atoms. The van der Waals surface area contributed by atoms with E-state index in [4.69, 9.17) is 16.3 Å². The largest absolute Gasteiger partial charge is 0.452 e. The van der Waals surface area contributed by atoms with Crippen molar-refractivity contribution in [1.82, 2.24) is 9.79 Å². The number of halogens is 1. The first-order valence-electron chi connectivity index (χ1n) is 7.04. The molecular formula is C14H17ClN2O6S. The van der Waals surface area contributed by atoms with Gasteiger partial charge in [0.05, 0.1) is 22.6 Å². The van der Waals surface area contributed by atoms with Gasteiger partial charge in [0.1, 0.15) is 0 Å². The van der Waals surface area contributed by atoms with Crippen LogP contribution in [0.25, 0.3) is 0 Å². The predicted molar refractivity (Wildman–Crippen MR) is 84.9 cm³/mol. The van der Waals surface area contributed by atoms with Gasteiger partial charge in [-0.1, -0.05) is 16.1 Å². The smallest absolute Gasteiger partial charge is 0.340 e. The van der Waals surface area contributed by atoms with Crippen molar-refractivity contribution in [3.63, 3.8) is 0 Å². The molecule has 2 rings (SSSR count). The van der Waals surface area contributed by atoms with Gasteiger partial charge >= 0.3 is 5.97 Å². The lowest BCUT2D eigenvalue weighted by Crippen LogP contribution is -2.30. The summed E-state index contributed by atoms with van der Waals surface area (Å²) in [5.41, 5.74) is -0.151. The molecule has 1 aromatic carbocycles. The first kappa shape index (κ1) is 18.7. The van der Waals surface area contributed by atoms with Crippen molar-refractivity contribution in [3.05, 3.63) is 28.8 Å². The Balaban J connectivity index is 2.12. The first-order valence-corrected chi connectivity index (χ1v) is 8.86. The number of rotatable bonds is 7. The number of hydrogen-bond donors (Lipinski definition) is 1. The summed E-state index contributed by atoms with van der Waals surface area (Å²) in [5, 5.41) is 2.68. The minimum absolute atomic E-state index is 0.0154. The lowest BCUT2D eigenvalue weighted by atomic mass is 10.2. The van der Waals surface area contributed by atoms with E-state index in [0.29, 0.717) is 4.47 Å². The summed E-state index contributed by atoms with van der Waals surface area (Å²) in [4.78, 5) is 28.1. The Hall–Kier alpha value is -1.68. The van der Waals surface area contributed by atoms with E-state index in [1.807, 2.05) is 0 Å². The topological polar surface area (TPSA) is 102 Å². The second kappa shape index (κ2) is 7.47. The van der Waals surface area contributed by atoms with Gasteiger partial charge in [-0.05, 0) is 31.0 Å². The van der Waals surface area contributed by atoms with Crippen LogP contribution < -0.4 is 5.32 Å². The Bertz CT molecular complexity index is 748. The van der Waals surface area contributed by atoms with Crippen LogP contribution in [-0.4, -0.2) is 51.6 Å². The van der Waals surface area contributed by atoms with E-state index in [1.165, 1.54) is 26.3 Å². The minimum Gasteiger partial charge on any atom is -0.452 e. The molecule has 0 unspecified atom stereocenters. The van der Waals surface area contributed by atoms with Crippen LogP contribution in [0.3, 0.4) is 0 Å². The Labute approximate surface area is 144 Å². The van der Waals surface area contributed by atoms with Crippen molar-refractivity contribution in [3.8, 4) is 0 Å². The number of nitrogens with zero attached hydrogens (tertiary/aromatic N) is 1. The molecule has 0 heterocycles. The highest BCUT2D eigenvalue weighted by molar-refractivity contribution is 7.89. The monoisotopic (exact) mass is 376 g/mol.